The SMILES string of the molecule is O=C(Nc1ccc2ncccc2c1)c1cc(C(=O)O)on1. The number of nitrogens with zero attached hydrogens (tertiary/aromatic N) is 2. The van der Waals surface area contributed by atoms with Gasteiger partial charge in [-0.1, -0.05) is 11.2 Å². The molecule has 0 bridgehead atoms. The maximum absolute atomic E-state index is 11.9. The molecule has 104 valence electrons. The largest absolute Gasteiger partial charge is 0.475 e. The van der Waals surface area contributed by atoms with Gasteiger partial charge in [-0.05, 0) is 24.3 Å². The van der Waals surface area contributed by atoms with Gasteiger partial charge in [0.2, 0.25) is 5.76 Å². The van der Waals surface area contributed by atoms with E-state index < -0.39 is 11.9 Å². The number of anilines is 1. The van der Waals surface area contributed by atoms with Gasteiger partial charge in [0.05, 0.1) is 5.52 Å². The van der Waals surface area contributed by atoms with Crippen LogP contribution in [0.1, 0.15) is 21.0 Å². The maximum atomic E-state index is 11.9. The van der Waals surface area contributed by atoms with Crippen molar-refractivity contribution in [1.29, 1.82) is 0 Å². The van der Waals surface area contributed by atoms with E-state index in [4.69, 9.17) is 5.11 Å². The van der Waals surface area contributed by atoms with E-state index in [0.29, 0.717) is 5.69 Å². The summed E-state index contributed by atoms with van der Waals surface area (Å²) in [7, 11) is 0. The molecule has 0 radical (unpaired) electrons. The number of carbonyl (C=O) groups excluding carboxylic acids is 1. The Bertz CT molecular complexity index is 841. The predicted molar refractivity (Wildman–Crippen MR) is 73.2 cm³/mol. The molecule has 2 aromatic heterocycles. The molecule has 0 fully saturated rings. The molecular formula is C14H9N3O4. The van der Waals surface area contributed by atoms with Gasteiger partial charge >= 0.3 is 5.97 Å². The summed E-state index contributed by atoms with van der Waals surface area (Å²) in [6.07, 6.45) is 1.68. The summed E-state index contributed by atoms with van der Waals surface area (Å²) < 4.78 is 4.53. The number of carboxylic acids is 1. The summed E-state index contributed by atoms with van der Waals surface area (Å²) in [5, 5.41) is 15.6. The Balaban J connectivity index is 1.83. The van der Waals surface area contributed by atoms with Gasteiger partial charge in [-0.2, -0.15) is 0 Å². The summed E-state index contributed by atoms with van der Waals surface area (Å²) >= 11 is 0. The van der Waals surface area contributed by atoms with Crippen LogP contribution in [0.2, 0.25) is 0 Å². The highest BCUT2D eigenvalue weighted by Gasteiger charge is 2.16. The number of fused-ring (bicyclic) bond motifs is 1. The van der Waals surface area contributed by atoms with Crippen molar-refractivity contribution in [2.45, 2.75) is 0 Å². The molecule has 7 nitrogen and oxygen atoms in total. The van der Waals surface area contributed by atoms with E-state index >= 15 is 0 Å². The lowest BCUT2D eigenvalue weighted by atomic mass is 10.2. The lowest BCUT2D eigenvalue weighted by Crippen LogP contribution is -2.12. The quantitative estimate of drug-likeness (QED) is 0.763. The summed E-state index contributed by atoms with van der Waals surface area (Å²) in [4.78, 5) is 26.8. The molecule has 7 heteroatoms. The number of pyridine rings is 1. The molecule has 1 aromatic carbocycles. The zero-order valence-electron chi connectivity index (χ0n) is 10.6. The van der Waals surface area contributed by atoms with E-state index in [1.165, 1.54) is 0 Å². The van der Waals surface area contributed by atoms with Crippen molar-refractivity contribution in [3.8, 4) is 0 Å². The molecule has 0 aliphatic heterocycles. The fourth-order valence-electron chi connectivity index (χ4n) is 1.83. The highest BCUT2D eigenvalue weighted by Crippen LogP contribution is 2.17. The van der Waals surface area contributed by atoms with Crippen molar-refractivity contribution in [2.75, 3.05) is 5.32 Å². The number of hydrogen-bond acceptors (Lipinski definition) is 5. The van der Waals surface area contributed by atoms with Crippen molar-refractivity contribution in [3.05, 3.63) is 54.0 Å². The van der Waals surface area contributed by atoms with Gasteiger partial charge in [0.15, 0.2) is 5.69 Å². The first kappa shape index (κ1) is 12.8. The van der Waals surface area contributed by atoms with E-state index in [-0.39, 0.29) is 11.5 Å². The summed E-state index contributed by atoms with van der Waals surface area (Å²) in [6.45, 7) is 0. The zero-order valence-corrected chi connectivity index (χ0v) is 10.6. The summed E-state index contributed by atoms with van der Waals surface area (Å²) in [5.74, 6) is -2.21. The number of benzene rings is 1. The fourth-order valence-corrected chi connectivity index (χ4v) is 1.83. The molecule has 1 amide bonds. The number of aromatic carboxylic acids is 1. The maximum Gasteiger partial charge on any atom is 0.374 e. The van der Waals surface area contributed by atoms with Gasteiger partial charge in [-0.3, -0.25) is 9.78 Å². The smallest absolute Gasteiger partial charge is 0.374 e. The molecule has 0 aliphatic carbocycles. The molecular weight excluding hydrogens is 274 g/mol. The van der Waals surface area contributed by atoms with Crippen LogP contribution in [-0.2, 0) is 0 Å². The van der Waals surface area contributed by atoms with Crippen LogP contribution in [0.5, 0.6) is 0 Å². The molecule has 0 saturated heterocycles. The number of amides is 1. The molecule has 0 aliphatic rings. The van der Waals surface area contributed by atoms with Gasteiger partial charge in [-0.25, -0.2) is 4.79 Å². The molecule has 0 unspecified atom stereocenters. The lowest BCUT2D eigenvalue weighted by molar-refractivity contribution is 0.0651. The van der Waals surface area contributed by atoms with Crippen LogP contribution >= 0.6 is 0 Å². The average Bonchev–Trinajstić information content (AvgIpc) is 2.97. The van der Waals surface area contributed by atoms with E-state index in [2.05, 4.69) is 20.0 Å². The number of aromatic nitrogens is 2. The number of rotatable bonds is 3. The molecule has 0 atom stereocenters. The topological polar surface area (TPSA) is 105 Å². The number of carboxylic acid groups (broad SMARTS) is 1. The van der Waals surface area contributed by atoms with Crippen LogP contribution in [0, 0.1) is 0 Å². The van der Waals surface area contributed by atoms with E-state index in [1.807, 2.05) is 6.07 Å². The molecule has 2 heterocycles. The fraction of sp³-hybridized carbons (Fsp3) is 0. The molecule has 21 heavy (non-hydrogen) atoms. The Morgan fingerprint density at radius 1 is 1.19 bits per heavy atom. The molecule has 3 rings (SSSR count). The lowest BCUT2D eigenvalue weighted by Gasteiger charge is -2.04. The van der Waals surface area contributed by atoms with Crippen molar-refractivity contribution in [1.82, 2.24) is 10.1 Å². The van der Waals surface area contributed by atoms with Gasteiger partial charge in [0.1, 0.15) is 0 Å². The highest BCUT2D eigenvalue weighted by molar-refractivity contribution is 6.04. The third-order valence-electron chi connectivity index (χ3n) is 2.81. The second-order valence-corrected chi connectivity index (χ2v) is 4.25. The third kappa shape index (κ3) is 2.57. The second-order valence-electron chi connectivity index (χ2n) is 4.25. The summed E-state index contributed by atoms with van der Waals surface area (Å²) in [6, 6.07) is 9.97. The number of nitrogens with one attached hydrogen (secondary N) is 1. The predicted octanol–water partition coefficient (Wildman–Crippen LogP) is 2.17. The van der Waals surface area contributed by atoms with Crippen LogP contribution in [0.3, 0.4) is 0 Å². The normalized spacial score (nSPS) is 10.5. The molecule has 3 aromatic rings. The van der Waals surface area contributed by atoms with Gasteiger partial charge in [0.25, 0.3) is 5.91 Å². The van der Waals surface area contributed by atoms with Crippen LogP contribution in [0.25, 0.3) is 10.9 Å². The van der Waals surface area contributed by atoms with Crippen LogP contribution in [-0.4, -0.2) is 27.1 Å². The van der Waals surface area contributed by atoms with Gasteiger partial charge in [0, 0.05) is 23.3 Å². The molecule has 0 saturated carbocycles. The van der Waals surface area contributed by atoms with Crippen molar-refractivity contribution >= 4 is 28.5 Å². The van der Waals surface area contributed by atoms with E-state index in [9.17, 15) is 9.59 Å². The standard InChI is InChI=1S/C14H9N3O4/c18-13(11-7-12(14(19)20)21-17-11)16-9-3-4-10-8(6-9)2-1-5-15-10/h1-7H,(H,16,18)(H,19,20). The first-order valence-electron chi connectivity index (χ1n) is 5.99. The minimum Gasteiger partial charge on any atom is -0.475 e. The highest BCUT2D eigenvalue weighted by atomic mass is 16.5. The van der Waals surface area contributed by atoms with Crippen LogP contribution in [0.15, 0.2) is 47.1 Å². The minimum absolute atomic E-state index is 0.0984. The summed E-state index contributed by atoms with van der Waals surface area (Å²) in [5.41, 5.74) is 1.27. The number of hydrogen-bond donors (Lipinski definition) is 2. The Morgan fingerprint density at radius 3 is 2.81 bits per heavy atom. The molecule has 0 spiro atoms. The van der Waals surface area contributed by atoms with Crippen molar-refractivity contribution < 1.29 is 19.2 Å². The third-order valence-corrected chi connectivity index (χ3v) is 2.81. The average molecular weight is 283 g/mol. The minimum atomic E-state index is -1.28. The Hall–Kier alpha value is -3.22. The first-order chi connectivity index (χ1) is 10.1. The van der Waals surface area contributed by atoms with Crippen molar-refractivity contribution in [3.63, 3.8) is 0 Å². The Kier molecular flexibility index (Phi) is 3.07. The Labute approximate surface area is 118 Å². The van der Waals surface area contributed by atoms with E-state index in [1.54, 1.807) is 30.5 Å². The van der Waals surface area contributed by atoms with Crippen molar-refractivity contribution in [2.24, 2.45) is 0 Å². The van der Waals surface area contributed by atoms with Crippen LogP contribution < -0.4 is 5.32 Å². The first-order valence-corrected chi connectivity index (χ1v) is 5.99. The van der Waals surface area contributed by atoms with E-state index in [0.717, 1.165) is 17.0 Å². The van der Waals surface area contributed by atoms with Gasteiger partial charge in [-0.15, -0.1) is 0 Å². The van der Waals surface area contributed by atoms with Crippen LogP contribution in [0.4, 0.5) is 5.69 Å². The molecule has 2 N–H and O–H groups in total. The second kappa shape index (κ2) is 5.04. The Morgan fingerprint density at radius 2 is 2.05 bits per heavy atom. The van der Waals surface area contributed by atoms with Gasteiger partial charge < -0.3 is 14.9 Å². The zero-order chi connectivity index (χ0) is 14.8. The monoisotopic (exact) mass is 283 g/mol. The number of carbonyl (C=O) groups is 2.